The first-order chi connectivity index (χ1) is 8.37. The van der Waals surface area contributed by atoms with Gasteiger partial charge in [-0.2, -0.15) is 0 Å². The molecule has 0 amide bonds. The largest absolute Gasteiger partial charge is 0.465 e. The van der Waals surface area contributed by atoms with E-state index >= 15 is 0 Å². The zero-order chi connectivity index (χ0) is 13.6. The van der Waals surface area contributed by atoms with E-state index in [1.807, 2.05) is 13.0 Å². The molecule has 1 heterocycles. The third kappa shape index (κ3) is 6.82. The van der Waals surface area contributed by atoms with Crippen molar-refractivity contribution in [1.82, 2.24) is 10.2 Å². The molecule has 0 aromatic carbocycles. The summed E-state index contributed by atoms with van der Waals surface area (Å²) in [6.45, 7) is 11.7. The molecule has 0 fully saturated rings. The molecule has 0 radical (unpaired) electrons. The summed E-state index contributed by atoms with van der Waals surface area (Å²) in [5.74, 6) is 2.05. The molecule has 1 N–H and O–H groups in total. The van der Waals surface area contributed by atoms with Crippen LogP contribution in [0.3, 0.4) is 0 Å². The van der Waals surface area contributed by atoms with Gasteiger partial charge in [0.2, 0.25) is 0 Å². The van der Waals surface area contributed by atoms with Gasteiger partial charge in [-0.1, -0.05) is 0 Å². The van der Waals surface area contributed by atoms with Gasteiger partial charge in [0.15, 0.2) is 0 Å². The van der Waals surface area contributed by atoms with Crippen LogP contribution in [0.15, 0.2) is 16.5 Å². The molecule has 1 rings (SSSR count). The lowest BCUT2D eigenvalue weighted by Gasteiger charge is -2.21. The fourth-order valence-electron chi connectivity index (χ4n) is 1.89. The molecule has 0 saturated heterocycles. The lowest BCUT2D eigenvalue weighted by molar-refractivity contribution is 0.284. The van der Waals surface area contributed by atoms with Crippen molar-refractivity contribution in [3.8, 4) is 0 Å². The molecule has 0 unspecified atom stereocenters. The molecule has 104 valence electrons. The number of nitrogens with one attached hydrogen (secondary N) is 1. The molecule has 0 aliphatic heterocycles. The fourth-order valence-corrected chi connectivity index (χ4v) is 1.89. The summed E-state index contributed by atoms with van der Waals surface area (Å²) < 4.78 is 5.57. The smallest absolute Gasteiger partial charge is 0.118 e. The number of unbranched alkanes of at least 4 members (excludes halogenated alkanes) is 1. The van der Waals surface area contributed by atoms with Crippen LogP contribution >= 0.6 is 0 Å². The standard InChI is InChI=1S/C15H28N2O/c1-13-8-9-14(18-13)12-17(5)11-7-6-10-16-15(2,3)4/h8-9,16H,6-7,10-12H2,1-5H3. The van der Waals surface area contributed by atoms with E-state index in [2.05, 4.69) is 44.1 Å². The minimum atomic E-state index is 0.234. The van der Waals surface area contributed by atoms with E-state index in [1.54, 1.807) is 0 Å². The second-order valence-corrected chi connectivity index (χ2v) is 6.13. The molecular weight excluding hydrogens is 224 g/mol. The third-order valence-corrected chi connectivity index (χ3v) is 2.84. The Kier molecular flexibility index (Phi) is 5.89. The van der Waals surface area contributed by atoms with Gasteiger partial charge in [-0.15, -0.1) is 0 Å². The molecule has 1 aromatic rings. The Labute approximate surface area is 112 Å². The highest BCUT2D eigenvalue weighted by atomic mass is 16.3. The third-order valence-electron chi connectivity index (χ3n) is 2.84. The summed E-state index contributed by atoms with van der Waals surface area (Å²) in [5, 5.41) is 3.51. The monoisotopic (exact) mass is 252 g/mol. The lowest BCUT2D eigenvalue weighted by atomic mass is 10.1. The zero-order valence-corrected chi connectivity index (χ0v) is 12.5. The highest BCUT2D eigenvalue weighted by molar-refractivity contribution is 5.05. The molecule has 18 heavy (non-hydrogen) atoms. The van der Waals surface area contributed by atoms with Crippen LogP contribution in [0.1, 0.15) is 45.1 Å². The Morgan fingerprint density at radius 3 is 2.50 bits per heavy atom. The molecule has 0 atom stereocenters. The first-order valence-corrected chi connectivity index (χ1v) is 6.86. The van der Waals surface area contributed by atoms with Gasteiger partial charge in [-0.3, -0.25) is 4.90 Å². The van der Waals surface area contributed by atoms with Crippen LogP contribution in [0.4, 0.5) is 0 Å². The van der Waals surface area contributed by atoms with Crippen molar-refractivity contribution in [3.63, 3.8) is 0 Å². The van der Waals surface area contributed by atoms with Gasteiger partial charge < -0.3 is 9.73 Å². The second kappa shape index (κ2) is 6.95. The maximum atomic E-state index is 5.57. The average Bonchev–Trinajstić information content (AvgIpc) is 2.61. The van der Waals surface area contributed by atoms with Crippen molar-refractivity contribution < 1.29 is 4.42 Å². The summed E-state index contributed by atoms with van der Waals surface area (Å²) in [5.41, 5.74) is 0.234. The zero-order valence-electron chi connectivity index (χ0n) is 12.5. The van der Waals surface area contributed by atoms with E-state index in [4.69, 9.17) is 4.42 Å². The van der Waals surface area contributed by atoms with Gasteiger partial charge in [-0.25, -0.2) is 0 Å². The van der Waals surface area contributed by atoms with Crippen molar-refractivity contribution in [2.75, 3.05) is 20.1 Å². The van der Waals surface area contributed by atoms with Crippen LogP contribution in [0, 0.1) is 6.92 Å². The minimum Gasteiger partial charge on any atom is -0.465 e. The van der Waals surface area contributed by atoms with Crippen LogP contribution < -0.4 is 5.32 Å². The molecule has 0 saturated carbocycles. The first-order valence-electron chi connectivity index (χ1n) is 6.86. The summed E-state index contributed by atoms with van der Waals surface area (Å²) in [7, 11) is 2.15. The number of hydrogen-bond acceptors (Lipinski definition) is 3. The maximum absolute atomic E-state index is 5.57. The van der Waals surface area contributed by atoms with Crippen LogP contribution in [0.5, 0.6) is 0 Å². The molecular formula is C15H28N2O. The maximum Gasteiger partial charge on any atom is 0.118 e. The number of aryl methyl sites for hydroxylation is 1. The number of hydrogen-bond donors (Lipinski definition) is 1. The number of furan rings is 1. The van der Waals surface area contributed by atoms with Crippen molar-refractivity contribution in [2.45, 2.75) is 52.6 Å². The van der Waals surface area contributed by atoms with Crippen molar-refractivity contribution >= 4 is 0 Å². The van der Waals surface area contributed by atoms with Crippen molar-refractivity contribution in [1.29, 1.82) is 0 Å². The van der Waals surface area contributed by atoms with E-state index < -0.39 is 0 Å². The van der Waals surface area contributed by atoms with Gasteiger partial charge >= 0.3 is 0 Å². The van der Waals surface area contributed by atoms with Gasteiger partial charge in [0, 0.05) is 5.54 Å². The summed E-state index contributed by atoms with van der Waals surface area (Å²) in [4.78, 5) is 2.31. The summed E-state index contributed by atoms with van der Waals surface area (Å²) in [6, 6.07) is 4.09. The highest BCUT2D eigenvalue weighted by Crippen LogP contribution is 2.09. The van der Waals surface area contributed by atoms with E-state index in [0.717, 1.165) is 31.2 Å². The van der Waals surface area contributed by atoms with Crippen LogP contribution in [-0.4, -0.2) is 30.6 Å². The molecule has 0 aliphatic carbocycles. The van der Waals surface area contributed by atoms with Gasteiger partial charge in [-0.05, 0) is 72.8 Å². The van der Waals surface area contributed by atoms with Crippen LogP contribution in [0.2, 0.25) is 0 Å². The SMILES string of the molecule is Cc1ccc(CN(C)CCCCNC(C)(C)C)o1. The molecule has 3 nitrogen and oxygen atoms in total. The number of rotatable bonds is 7. The average molecular weight is 252 g/mol. The van der Waals surface area contributed by atoms with Crippen molar-refractivity contribution in [3.05, 3.63) is 23.7 Å². The predicted molar refractivity (Wildman–Crippen MR) is 76.8 cm³/mol. The Balaban J connectivity index is 2.09. The van der Waals surface area contributed by atoms with E-state index in [1.165, 1.54) is 12.8 Å². The quantitative estimate of drug-likeness (QED) is 0.755. The molecule has 0 bridgehead atoms. The number of nitrogens with zero attached hydrogens (tertiary/aromatic N) is 1. The van der Waals surface area contributed by atoms with E-state index in [-0.39, 0.29) is 5.54 Å². The van der Waals surface area contributed by atoms with Crippen molar-refractivity contribution in [2.24, 2.45) is 0 Å². The van der Waals surface area contributed by atoms with Gasteiger partial charge in [0.25, 0.3) is 0 Å². The predicted octanol–water partition coefficient (Wildman–Crippen LogP) is 3.19. The highest BCUT2D eigenvalue weighted by Gasteiger charge is 2.07. The summed E-state index contributed by atoms with van der Waals surface area (Å²) >= 11 is 0. The first kappa shape index (κ1) is 15.3. The summed E-state index contributed by atoms with van der Waals surface area (Å²) in [6.07, 6.45) is 2.44. The second-order valence-electron chi connectivity index (χ2n) is 6.13. The van der Waals surface area contributed by atoms with E-state index in [0.29, 0.717) is 0 Å². The Morgan fingerprint density at radius 2 is 1.94 bits per heavy atom. The lowest BCUT2D eigenvalue weighted by Crippen LogP contribution is -2.36. The Hall–Kier alpha value is -0.800. The fraction of sp³-hybridized carbons (Fsp3) is 0.733. The molecule has 1 aromatic heterocycles. The molecule has 3 heteroatoms. The molecule has 0 aliphatic rings. The normalized spacial score (nSPS) is 12.3. The van der Waals surface area contributed by atoms with Crippen LogP contribution in [0.25, 0.3) is 0 Å². The van der Waals surface area contributed by atoms with E-state index in [9.17, 15) is 0 Å². The minimum absolute atomic E-state index is 0.234. The van der Waals surface area contributed by atoms with Gasteiger partial charge in [0.1, 0.15) is 11.5 Å². The topological polar surface area (TPSA) is 28.4 Å². The van der Waals surface area contributed by atoms with Gasteiger partial charge in [0.05, 0.1) is 6.54 Å². The Bertz CT molecular complexity index is 339. The van der Waals surface area contributed by atoms with Crippen LogP contribution in [-0.2, 0) is 6.54 Å². The molecule has 0 spiro atoms. The Morgan fingerprint density at radius 1 is 1.22 bits per heavy atom.